The Bertz CT molecular complexity index is 320. The first-order chi connectivity index (χ1) is 6.90. The van der Waals surface area contributed by atoms with Crippen molar-refractivity contribution >= 4 is 34.1 Å². The van der Waals surface area contributed by atoms with Crippen LogP contribution in [-0.2, 0) is 4.79 Å². The first-order valence-electron chi connectivity index (χ1n) is 4.17. The van der Waals surface area contributed by atoms with Crippen LogP contribution in [0.4, 0.5) is 0 Å². The van der Waals surface area contributed by atoms with Gasteiger partial charge in [-0.15, -0.1) is 0 Å². The van der Waals surface area contributed by atoms with Gasteiger partial charge in [-0.05, 0) is 6.58 Å². The monoisotopic (exact) mass is 244 g/mol. The van der Waals surface area contributed by atoms with Crippen LogP contribution in [0.15, 0.2) is 12.3 Å². The molecule has 0 heterocycles. The lowest BCUT2D eigenvalue weighted by molar-refractivity contribution is -0.309. The van der Waals surface area contributed by atoms with Crippen molar-refractivity contribution in [3.8, 4) is 6.07 Å². The molecule has 0 saturated carbocycles. The van der Waals surface area contributed by atoms with Gasteiger partial charge in [0, 0.05) is 14.1 Å². The predicted molar refractivity (Wildman–Crippen MR) is 64.9 cm³/mol. The molecule has 0 aromatic carbocycles. The van der Waals surface area contributed by atoms with E-state index >= 15 is 0 Å². The fraction of sp³-hybridized carbons (Fsp3) is 0.444. The van der Waals surface area contributed by atoms with Crippen LogP contribution in [0.25, 0.3) is 0 Å². The summed E-state index contributed by atoms with van der Waals surface area (Å²) in [6.45, 7) is 3.50. The molecule has 0 amide bonds. The summed E-state index contributed by atoms with van der Waals surface area (Å²) >= 11 is 6.24. The highest BCUT2D eigenvalue weighted by Crippen LogP contribution is 2.11. The number of hydrogen-bond acceptors (Lipinski definition) is 4. The van der Waals surface area contributed by atoms with Crippen LogP contribution in [0.2, 0.25) is 0 Å². The number of carbonyl (C=O) groups excluding carboxylic acids is 1. The lowest BCUT2D eigenvalue weighted by atomic mass is 10.1. The van der Waals surface area contributed by atoms with Gasteiger partial charge in [0.1, 0.15) is 10.0 Å². The van der Waals surface area contributed by atoms with E-state index in [1.54, 1.807) is 4.90 Å². The fourth-order valence-electron chi connectivity index (χ4n) is 0.736. The van der Waals surface area contributed by atoms with Gasteiger partial charge >= 0.3 is 0 Å². The Morgan fingerprint density at radius 3 is 2.60 bits per heavy atom. The number of nitrogens with zero attached hydrogens (tertiary/aromatic N) is 2. The lowest BCUT2D eigenvalue weighted by Gasteiger charge is -2.12. The average molecular weight is 244 g/mol. The van der Waals surface area contributed by atoms with Gasteiger partial charge in [0.05, 0.1) is 11.8 Å². The Balaban J connectivity index is 4.21. The second-order valence-corrected chi connectivity index (χ2v) is 4.74. The zero-order valence-electron chi connectivity index (χ0n) is 8.82. The smallest absolute Gasteiger partial charge is 0.178 e. The first-order valence-corrected chi connectivity index (χ1v) is 5.56. The molecule has 0 fully saturated rings. The van der Waals surface area contributed by atoms with Crippen molar-refractivity contribution in [2.45, 2.75) is 0 Å². The predicted octanol–water partition coefficient (Wildman–Crippen LogP) is 0.0306. The SMILES string of the molecule is C=C([NH3+])[C@H](C#N)C(=O)CSC(=S)N(C)C. The van der Waals surface area contributed by atoms with Gasteiger partial charge in [0.25, 0.3) is 0 Å². The quantitative estimate of drug-likeness (QED) is 0.706. The Labute approximate surface area is 99.1 Å². The maximum absolute atomic E-state index is 11.5. The van der Waals surface area contributed by atoms with Crippen LogP contribution in [0, 0.1) is 17.2 Å². The average Bonchev–Trinajstić information content (AvgIpc) is 2.14. The third-order valence-electron chi connectivity index (χ3n) is 1.56. The number of nitriles is 1. The molecule has 0 spiro atoms. The molecule has 4 nitrogen and oxygen atoms in total. The fourth-order valence-corrected chi connectivity index (χ4v) is 1.60. The summed E-state index contributed by atoms with van der Waals surface area (Å²) in [5.41, 5.74) is 3.83. The number of carbonyl (C=O) groups is 1. The molecule has 0 aliphatic rings. The molecule has 6 heteroatoms. The molecule has 0 aliphatic heterocycles. The highest BCUT2D eigenvalue weighted by Gasteiger charge is 2.22. The first kappa shape index (κ1) is 14.1. The van der Waals surface area contributed by atoms with Crippen LogP contribution in [0.1, 0.15) is 0 Å². The van der Waals surface area contributed by atoms with Crippen molar-refractivity contribution in [2.24, 2.45) is 5.92 Å². The summed E-state index contributed by atoms with van der Waals surface area (Å²) in [4.78, 5) is 13.3. The number of ketones is 1. The van der Waals surface area contributed by atoms with E-state index in [4.69, 9.17) is 17.5 Å². The van der Waals surface area contributed by atoms with Crippen LogP contribution < -0.4 is 5.73 Å². The second-order valence-electron chi connectivity index (χ2n) is 3.14. The summed E-state index contributed by atoms with van der Waals surface area (Å²) in [5.74, 6) is -0.835. The van der Waals surface area contributed by atoms with E-state index in [0.29, 0.717) is 10.0 Å². The normalized spacial score (nSPS) is 11.3. The molecule has 0 radical (unpaired) electrons. The molecule has 0 aromatic rings. The third kappa shape index (κ3) is 4.93. The molecule has 82 valence electrons. The highest BCUT2D eigenvalue weighted by molar-refractivity contribution is 8.23. The van der Waals surface area contributed by atoms with Crippen molar-refractivity contribution in [3.05, 3.63) is 12.3 Å². The van der Waals surface area contributed by atoms with Gasteiger partial charge < -0.3 is 10.6 Å². The maximum Gasteiger partial charge on any atom is 0.178 e. The number of rotatable bonds is 4. The van der Waals surface area contributed by atoms with Crippen molar-refractivity contribution in [3.63, 3.8) is 0 Å². The van der Waals surface area contributed by atoms with E-state index in [-0.39, 0.29) is 11.5 Å². The number of allylic oxidation sites excluding steroid dienone is 1. The molecule has 15 heavy (non-hydrogen) atoms. The molecular formula is C9H14N3OS2+. The Hall–Kier alpha value is -0.900. The van der Waals surface area contributed by atoms with E-state index in [1.165, 1.54) is 11.8 Å². The molecular weight excluding hydrogens is 230 g/mol. The summed E-state index contributed by atoms with van der Waals surface area (Å²) in [6.07, 6.45) is 0. The summed E-state index contributed by atoms with van der Waals surface area (Å²) in [7, 11) is 3.61. The molecule has 0 saturated heterocycles. The van der Waals surface area contributed by atoms with Crippen molar-refractivity contribution in [1.82, 2.24) is 4.90 Å². The standard InChI is InChI=1S/C9H13N3OS2/c1-6(11)7(4-10)8(13)5-15-9(14)12(2)3/h7H,1,5,11H2,2-3H3/p+1/t7-/m0/s1. The second kappa shape index (κ2) is 6.56. The number of thiocarbonyl (C=S) groups is 1. The van der Waals surface area contributed by atoms with Gasteiger partial charge in [-0.25, -0.2) is 0 Å². The highest BCUT2D eigenvalue weighted by atomic mass is 32.2. The molecule has 0 aromatic heterocycles. The van der Waals surface area contributed by atoms with Crippen molar-refractivity contribution in [1.29, 1.82) is 5.26 Å². The third-order valence-corrected chi connectivity index (χ3v) is 3.32. The van der Waals surface area contributed by atoms with Gasteiger partial charge in [-0.1, -0.05) is 24.0 Å². The lowest BCUT2D eigenvalue weighted by Crippen LogP contribution is -2.51. The number of Topliss-reactive ketones (excluding diaryl/α,β-unsaturated/α-hetero) is 1. The summed E-state index contributed by atoms with van der Waals surface area (Å²) in [5, 5.41) is 8.72. The van der Waals surface area contributed by atoms with Gasteiger partial charge in [-0.3, -0.25) is 4.79 Å². The minimum Gasteiger partial charge on any atom is -0.364 e. The Kier molecular flexibility index (Phi) is 6.17. The van der Waals surface area contributed by atoms with E-state index < -0.39 is 5.92 Å². The van der Waals surface area contributed by atoms with Crippen LogP contribution in [-0.4, -0.2) is 34.9 Å². The number of hydrogen-bond donors (Lipinski definition) is 1. The van der Waals surface area contributed by atoms with Gasteiger partial charge in [0.15, 0.2) is 11.7 Å². The van der Waals surface area contributed by atoms with E-state index in [2.05, 4.69) is 12.3 Å². The van der Waals surface area contributed by atoms with Crippen LogP contribution in [0.3, 0.4) is 0 Å². The molecule has 1 atom stereocenters. The zero-order chi connectivity index (χ0) is 12.0. The Morgan fingerprint density at radius 2 is 2.27 bits per heavy atom. The van der Waals surface area contributed by atoms with E-state index in [0.717, 1.165) is 0 Å². The molecule has 0 bridgehead atoms. The van der Waals surface area contributed by atoms with Crippen molar-refractivity contribution < 1.29 is 10.5 Å². The Morgan fingerprint density at radius 1 is 1.73 bits per heavy atom. The summed E-state index contributed by atoms with van der Waals surface area (Å²) in [6, 6.07) is 1.87. The van der Waals surface area contributed by atoms with Gasteiger partial charge in [0.2, 0.25) is 0 Å². The molecule has 0 unspecified atom stereocenters. The summed E-state index contributed by atoms with van der Waals surface area (Å²) < 4.78 is 0.620. The minimum atomic E-state index is -0.817. The topological polar surface area (TPSA) is 71.7 Å². The largest absolute Gasteiger partial charge is 0.364 e. The van der Waals surface area contributed by atoms with Crippen LogP contribution >= 0.6 is 24.0 Å². The van der Waals surface area contributed by atoms with Gasteiger partial charge in [-0.2, -0.15) is 5.26 Å². The minimum absolute atomic E-state index is 0.184. The zero-order valence-corrected chi connectivity index (χ0v) is 10.5. The maximum atomic E-state index is 11.5. The number of thioether (sulfide) groups is 1. The number of quaternary nitrogens is 1. The van der Waals surface area contributed by atoms with E-state index in [9.17, 15) is 4.79 Å². The molecule has 3 N–H and O–H groups in total. The molecule has 0 rings (SSSR count). The molecule has 0 aliphatic carbocycles. The van der Waals surface area contributed by atoms with E-state index in [1.807, 2.05) is 20.2 Å². The van der Waals surface area contributed by atoms with Crippen molar-refractivity contribution in [2.75, 3.05) is 19.8 Å². The van der Waals surface area contributed by atoms with Crippen LogP contribution in [0.5, 0.6) is 0 Å².